The van der Waals surface area contributed by atoms with Crippen LogP contribution in [0.2, 0.25) is 5.02 Å². The Morgan fingerprint density at radius 3 is 2.77 bits per heavy atom. The Kier molecular flexibility index (Phi) is 8.37. The average molecular weight is 557 g/mol. The summed E-state index contributed by atoms with van der Waals surface area (Å²) in [7, 11) is 0. The topological polar surface area (TPSA) is 78.5 Å². The SMILES string of the molecule is C[C@@H]1CN(CCNC(=O)C2=C(C3=Cc4cc(Cl)ccc4C3)Cc3cc(Br)ccc32)CCN1.O=C=O. The van der Waals surface area contributed by atoms with Gasteiger partial charge in [-0.25, -0.2) is 0 Å². The minimum absolute atomic E-state index is 0.0270. The fraction of sp³-hybridized carbons (Fsp3) is 0.333. The predicted octanol–water partition coefficient (Wildman–Crippen LogP) is 3.88. The van der Waals surface area contributed by atoms with E-state index in [0.29, 0.717) is 12.6 Å². The number of hydrogen-bond acceptors (Lipinski definition) is 5. The summed E-state index contributed by atoms with van der Waals surface area (Å²) in [5.41, 5.74) is 7.85. The smallest absolute Gasteiger partial charge is 0.351 e. The molecular weight excluding hydrogens is 530 g/mol. The van der Waals surface area contributed by atoms with Gasteiger partial charge in [-0.05, 0) is 77.4 Å². The Bertz CT molecular complexity index is 1230. The van der Waals surface area contributed by atoms with Crippen LogP contribution in [0, 0.1) is 0 Å². The second-order valence-corrected chi connectivity index (χ2v) is 10.4. The second-order valence-electron chi connectivity index (χ2n) is 9.02. The molecule has 1 atom stereocenters. The Balaban J connectivity index is 0.000000917. The van der Waals surface area contributed by atoms with Crippen LogP contribution in [0.4, 0.5) is 0 Å². The summed E-state index contributed by atoms with van der Waals surface area (Å²) in [4.78, 5) is 32.1. The van der Waals surface area contributed by atoms with Crippen molar-refractivity contribution in [3.63, 3.8) is 0 Å². The Labute approximate surface area is 218 Å². The number of hydrogen-bond donors (Lipinski definition) is 2. The van der Waals surface area contributed by atoms with Crippen molar-refractivity contribution in [1.29, 1.82) is 0 Å². The molecule has 0 aromatic heterocycles. The van der Waals surface area contributed by atoms with Crippen molar-refractivity contribution in [2.24, 2.45) is 0 Å². The van der Waals surface area contributed by atoms with Crippen LogP contribution in [-0.2, 0) is 27.2 Å². The Morgan fingerprint density at radius 1 is 1.20 bits per heavy atom. The maximum atomic E-state index is 13.4. The molecule has 5 rings (SSSR count). The highest BCUT2D eigenvalue weighted by Crippen LogP contribution is 2.42. The molecule has 3 aliphatic rings. The lowest BCUT2D eigenvalue weighted by Gasteiger charge is -2.31. The molecule has 2 aromatic carbocycles. The normalized spacial score (nSPS) is 18.7. The third-order valence-electron chi connectivity index (χ3n) is 6.61. The van der Waals surface area contributed by atoms with Gasteiger partial charge < -0.3 is 10.6 Å². The molecular formula is C27H27BrClN3O3. The summed E-state index contributed by atoms with van der Waals surface area (Å²) >= 11 is 9.80. The van der Waals surface area contributed by atoms with Crippen LogP contribution in [0.25, 0.3) is 11.6 Å². The van der Waals surface area contributed by atoms with E-state index in [-0.39, 0.29) is 12.1 Å². The minimum Gasteiger partial charge on any atom is -0.351 e. The van der Waals surface area contributed by atoms with Gasteiger partial charge in [0.1, 0.15) is 0 Å². The summed E-state index contributed by atoms with van der Waals surface area (Å²) in [5.74, 6) is 0.0270. The van der Waals surface area contributed by atoms with Gasteiger partial charge in [-0.2, -0.15) is 9.59 Å². The third kappa shape index (κ3) is 6.00. The zero-order valence-corrected chi connectivity index (χ0v) is 21.8. The van der Waals surface area contributed by atoms with Gasteiger partial charge in [0, 0.05) is 48.3 Å². The van der Waals surface area contributed by atoms with Gasteiger partial charge in [-0.3, -0.25) is 9.69 Å². The van der Waals surface area contributed by atoms with Crippen molar-refractivity contribution in [2.45, 2.75) is 25.8 Å². The number of benzene rings is 2. The molecule has 35 heavy (non-hydrogen) atoms. The number of halogens is 2. The van der Waals surface area contributed by atoms with Crippen LogP contribution in [0.15, 0.2) is 52.0 Å². The van der Waals surface area contributed by atoms with Crippen molar-refractivity contribution in [2.75, 3.05) is 32.7 Å². The van der Waals surface area contributed by atoms with E-state index in [9.17, 15) is 4.79 Å². The molecule has 8 heteroatoms. The van der Waals surface area contributed by atoms with Crippen LogP contribution in [0.1, 0.15) is 29.2 Å². The summed E-state index contributed by atoms with van der Waals surface area (Å²) in [6.45, 7) is 6.79. The van der Waals surface area contributed by atoms with Crippen molar-refractivity contribution in [1.82, 2.24) is 15.5 Å². The third-order valence-corrected chi connectivity index (χ3v) is 7.33. The zero-order chi connectivity index (χ0) is 24.9. The summed E-state index contributed by atoms with van der Waals surface area (Å²) in [5, 5.41) is 7.42. The molecule has 1 amide bonds. The van der Waals surface area contributed by atoms with Crippen LogP contribution < -0.4 is 10.6 Å². The highest BCUT2D eigenvalue weighted by molar-refractivity contribution is 9.10. The fourth-order valence-corrected chi connectivity index (χ4v) is 5.65. The molecule has 0 spiro atoms. The van der Waals surface area contributed by atoms with Gasteiger partial charge in [0.25, 0.3) is 5.91 Å². The molecule has 0 bridgehead atoms. The van der Waals surface area contributed by atoms with Gasteiger partial charge in [0.15, 0.2) is 0 Å². The number of piperazine rings is 1. The molecule has 2 aromatic rings. The number of amides is 1. The molecule has 2 N–H and O–H groups in total. The van der Waals surface area contributed by atoms with Crippen LogP contribution >= 0.6 is 27.5 Å². The van der Waals surface area contributed by atoms with E-state index in [0.717, 1.165) is 70.8 Å². The van der Waals surface area contributed by atoms with E-state index in [1.54, 1.807) is 0 Å². The number of allylic oxidation sites excluding steroid dienone is 2. The maximum Gasteiger partial charge on any atom is 0.373 e. The zero-order valence-electron chi connectivity index (χ0n) is 19.5. The van der Waals surface area contributed by atoms with Crippen LogP contribution in [0.5, 0.6) is 0 Å². The molecule has 1 aliphatic heterocycles. The molecule has 2 aliphatic carbocycles. The summed E-state index contributed by atoms with van der Waals surface area (Å²) in [6, 6.07) is 12.8. The first-order valence-electron chi connectivity index (χ1n) is 11.6. The number of nitrogens with one attached hydrogen (secondary N) is 2. The molecule has 1 saturated heterocycles. The number of carbonyl (C=O) groups excluding carboxylic acids is 3. The first-order chi connectivity index (χ1) is 16.9. The highest BCUT2D eigenvalue weighted by Gasteiger charge is 2.30. The van der Waals surface area contributed by atoms with Gasteiger partial charge >= 0.3 is 6.15 Å². The van der Waals surface area contributed by atoms with E-state index in [2.05, 4.69) is 62.7 Å². The fourth-order valence-electron chi connectivity index (χ4n) is 5.06. The number of carbonyl (C=O) groups is 1. The predicted molar refractivity (Wildman–Crippen MR) is 140 cm³/mol. The molecule has 0 radical (unpaired) electrons. The number of nitrogens with zero attached hydrogens (tertiary/aromatic N) is 1. The van der Waals surface area contributed by atoms with Gasteiger partial charge in [-0.15, -0.1) is 0 Å². The van der Waals surface area contributed by atoms with Gasteiger partial charge in [0.2, 0.25) is 0 Å². The molecule has 1 fully saturated rings. The number of fused-ring (bicyclic) bond motifs is 2. The van der Waals surface area contributed by atoms with E-state index in [1.807, 2.05) is 18.2 Å². The van der Waals surface area contributed by atoms with Crippen LogP contribution in [-0.4, -0.2) is 55.7 Å². The van der Waals surface area contributed by atoms with Crippen molar-refractivity contribution in [3.8, 4) is 0 Å². The minimum atomic E-state index is 0.0270. The standard InChI is InChI=1S/C26H27BrClN3O.CO2/c1-16-15-31(8-6-29-16)9-7-30-26(32)25-23-5-3-21(27)12-20(23)14-24(25)19-10-17-2-4-22(28)13-18(17)11-19;2-1-3/h2-5,11-13,16,29H,6-10,14-15H2,1H3,(H,30,32);/t16-;/m1./s1. The quantitative estimate of drug-likeness (QED) is 0.585. The Morgan fingerprint density at radius 2 is 2.00 bits per heavy atom. The average Bonchev–Trinajstić information content (AvgIpc) is 3.40. The van der Waals surface area contributed by atoms with Crippen molar-refractivity contribution in [3.05, 3.63) is 79.3 Å². The van der Waals surface area contributed by atoms with Crippen molar-refractivity contribution >= 4 is 51.2 Å². The number of rotatable bonds is 5. The molecule has 6 nitrogen and oxygen atoms in total. The first-order valence-corrected chi connectivity index (χ1v) is 12.8. The van der Waals surface area contributed by atoms with Crippen LogP contribution in [0.3, 0.4) is 0 Å². The lowest BCUT2D eigenvalue weighted by atomic mass is 9.98. The highest BCUT2D eigenvalue weighted by atomic mass is 79.9. The van der Waals surface area contributed by atoms with E-state index in [1.165, 1.54) is 16.7 Å². The summed E-state index contributed by atoms with van der Waals surface area (Å²) in [6.07, 6.45) is 4.07. The Hall–Kier alpha value is -2.54. The van der Waals surface area contributed by atoms with Gasteiger partial charge in [-0.1, -0.05) is 45.7 Å². The molecule has 0 saturated carbocycles. The van der Waals surface area contributed by atoms with E-state index in [4.69, 9.17) is 21.2 Å². The van der Waals surface area contributed by atoms with E-state index < -0.39 is 0 Å². The monoisotopic (exact) mass is 555 g/mol. The van der Waals surface area contributed by atoms with Crippen molar-refractivity contribution < 1.29 is 14.4 Å². The largest absolute Gasteiger partial charge is 0.373 e. The summed E-state index contributed by atoms with van der Waals surface area (Å²) < 4.78 is 1.04. The van der Waals surface area contributed by atoms with E-state index >= 15 is 0 Å². The molecule has 1 heterocycles. The second kappa shape index (κ2) is 11.5. The lowest BCUT2D eigenvalue weighted by molar-refractivity contribution is -0.191. The maximum absolute atomic E-state index is 13.4. The molecule has 0 unspecified atom stereocenters. The lowest BCUT2D eigenvalue weighted by Crippen LogP contribution is -2.50. The van der Waals surface area contributed by atoms with Gasteiger partial charge in [0.05, 0.1) is 5.57 Å². The first kappa shape index (κ1) is 25.5. The molecule has 182 valence electrons.